The van der Waals surface area contributed by atoms with Gasteiger partial charge in [-0.25, -0.2) is 0 Å². The van der Waals surface area contributed by atoms with Crippen molar-refractivity contribution in [3.63, 3.8) is 0 Å². The number of hydrogen-bond acceptors (Lipinski definition) is 3. The van der Waals surface area contributed by atoms with Gasteiger partial charge in [-0.15, -0.1) is 0 Å². The van der Waals surface area contributed by atoms with E-state index in [0.29, 0.717) is 18.9 Å². The molecule has 0 spiro atoms. The van der Waals surface area contributed by atoms with E-state index in [1.807, 2.05) is 6.92 Å². The lowest BCUT2D eigenvalue weighted by molar-refractivity contribution is -0.208. The molecule has 0 aromatic rings. The molecule has 1 saturated carbocycles. The van der Waals surface area contributed by atoms with Gasteiger partial charge in [0.2, 0.25) is 0 Å². The Morgan fingerprint density at radius 3 is 2.77 bits per heavy atom. The fourth-order valence-electron chi connectivity index (χ4n) is 2.09. The second-order valence-corrected chi connectivity index (χ2v) is 4.21. The zero-order valence-corrected chi connectivity index (χ0v) is 8.16. The van der Waals surface area contributed by atoms with Crippen molar-refractivity contribution in [1.82, 2.24) is 0 Å². The zero-order valence-electron chi connectivity index (χ0n) is 8.16. The van der Waals surface area contributed by atoms with Crippen LogP contribution in [0, 0.1) is 5.92 Å². The van der Waals surface area contributed by atoms with E-state index in [9.17, 15) is 0 Å². The van der Waals surface area contributed by atoms with Gasteiger partial charge in [0.15, 0.2) is 5.79 Å². The van der Waals surface area contributed by atoms with Crippen molar-refractivity contribution in [2.45, 2.75) is 44.5 Å². The molecule has 0 radical (unpaired) electrons. The summed E-state index contributed by atoms with van der Waals surface area (Å²) in [6.45, 7) is 2.87. The third-order valence-corrected chi connectivity index (χ3v) is 3.25. The molecule has 2 atom stereocenters. The van der Waals surface area contributed by atoms with E-state index in [1.54, 1.807) is 0 Å². The molecule has 2 fully saturated rings. The lowest BCUT2D eigenvalue weighted by Crippen LogP contribution is -2.40. The molecule has 13 heavy (non-hydrogen) atoms. The molecule has 1 N–H and O–H groups in total. The Morgan fingerprint density at radius 2 is 2.23 bits per heavy atom. The Hall–Kier alpha value is -0.120. The third kappa shape index (κ3) is 1.73. The lowest BCUT2D eigenvalue weighted by atomic mass is 9.79. The maximum absolute atomic E-state index is 8.77. The van der Waals surface area contributed by atoms with Gasteiger partial charge in [-0.05, 0) is 26.2 Å². The van der Waals surface area contributed by atoms with Gasteiger partial charge in [0.1, 0.15) is 0 Å². The maximum atomic E-state index is 8.77. The highest BCUT2D eigenvalue weighted by Gasteiger charge is 2.45. The monoisotopic (exact) mass is 186 g/mol. The predicted octanol–water partition coefficient (Wildman–Crippen LogP) is 1.30. The fourth-order valence-corrected chi connectivity index (χ4v) is 2.09. The average Bonchev–Trinajstić information content (AvgIpc) is 2.29. The molecule has 1 heterocycles. The van der Waals surface area contributed by atoms with Gasteiger partial charge in [-0.2, -0.15) is 0 Å². The number of hydrogen-bond donors (Lipinski definition) is 1. The molecule has 2 aliphatic rings. The van der Waals surface area contributed by atoms with Gasteiger partial charge in [0.25, 0.3) is 0 Å². The van der Waals surface area contributed by atoms with E-state index in [1.165, 1.54) is 19.3 Å². The molecular weight excluding hydrogens is 168 g/mol. The molecule has 0 amide bonds. The van der Waals surface area contributed by atoms with Gasteiger partial charge < -0.3 is 14.6 Å². The Morgan fingerprint density at radius 1 is 1.46 bits per heavy atom. The topological polar surface area (TPSA) is 38.7 Å². The molecule has 0 aromatic carbocycles. The summed E-state index contributed by atoms with van der Waals surface area (Å²) in [7, 11) is 0. The Bertz CT molecular complexity index is 179. The normalized spacial score (nSPS) is 40.6. The number of rotatable bonds is 3. The Labute approximate surface area is 79.0 Å². The van der Waals surface area contributed by atoms with E-state index in [-0.39, 0.29) is 18.5 Å². The number of aliphatic hydroxyl groups excluding tert-OH is 1. The SMILES string of the molecule is CC1(C2CCC2)OCC(CCO)O1. The summed E-state index contributed by atoms with van der Waals surface area (Å²) in [4.78, 5) is 0. The first-order valence-corrected chi connectivity index (χ1v) is 5.17. The largest absolute Gasteiger partial charge is 0.396 e. The van der Waals surface area contributed by atoms with Crippen molar-refractivity contribution in [2.75, 3.05) is 13.2 Å². The first kappa shape index (κ1) is 9.44. The highest BCUT2D eigenvalue weighted by molar-refractivity contribution is 4.86. The second kappa shape index (κ2) is 3.56. The molecule has 0 aromatic heterocycles. The first-order valence-electron chi connectivity index (χ1n) is 5.17. The van der Waals surface area contributed by atoms with E-state index in [4.69, 9.17) is 14.6 Å². The van der Waals surface area contributed by atoms with Crippen molar-refractivity contribution in [3.8, 4) is 0 Å². The maximum Gasteiger partial charge on any atom is 0.168 e. The number of ether oxygens (including phenoxy) is 2. The van der Waals surface area contributed by atoms with Gasteiger partial charge >= 0.3 is 0 Å². The molecule has 1 aliphatic carbocycles. The van der Waals surface area contributed by atoms with Gasteiger partial charge in [0.05, 0.1) is 12.7 Å². The van der Waals surface area contributed by atoms with Crippen molar-refractivity contribution >= 4 is 0 Å². The van der Waals surface area contributed by atoms with Crippen LogP contribution in [0.5, 0.6) is 0 Å². The van der Waals surface area contributed by atoms with Gasteiger partial charge in [-0.1, -0.05) is 6.42 Å². The van der Waals surface area contributed by atoms with E-state index in [0.717, 1.165) is 0 Å². The van der Waals surface area contributed by atoms with Crippen LogP contribution in [0.2, 0.25) is 0 Å². The van der Waals surface area contributed by atoms with Crippen LogP contribution in [0.3, 0.4) is 0 Å². The summed E-state index contributed by atoms with van der Waals surface area (Å²) in [6.07, 6.45) is 4.56. The summed E-state index contributed by atoms with van der Waals surface area (Å²) >= 11 is 0. The molecule has 3 nitrogen and oxygen atoms in total. The van der Waals surface area contributed by atoms with Crippen molar-refractivity contribution in [2.24, 2.45) is 5.92 Å². The fraction of sp³-hybridized carbons (Fsp3) is 1.00. The number of aliphatic hydroxyl groups is 1. The minimum Gasteiger partial charge on any atom is -0.396 e. The van der Waals surface area contributed by atoms with Gasteiger partial charge in [-0.3, -0.25) is 0 Å². The minimum atomic E-state index is -0.349. The third-order valence-electron chi connectivity index (χ3n) is 3.25. The molecular formula is C10H18O3. The molecule has 1 aliphatic heterocycles. The highest BCUT2D eigenvalue weighted by atomic mass is 16.7. The van der Waals surface area contributed by atoms with Crippen LogP contribution in [-0.2, 0) is 9.47 Å². The lowest BCUT2D eigenvalue weighted by Gasteiger charge is -2.38. The van der Waals surface area contributed by atoms with Crippen LogP contribution < -0.4 is 0 Å². The smallest absolute Gasteiger partial charge is 0.168 e. The van der Waals surface area contributed by atoms with Gasteiger partial charge in [0, 0.05) is 12.5 Å². The summed E-state index contributed by atoms with van der Waals surface area (Å²) in [5.74, 6) is 0.231. The average molecular weight is 186 g/mol. The molecule has 2 rings (SSSR count). The first-order chi connectivity index (χ1) is 6.24. The van der Waals surface area contributed by atoms with Crippen molar-refractivity contribution < 1.29 is 14.6 Å². The summed E-state index contributed by atoms with van der Waals surface area (Å²) in [6, 6.07) is 0. The quantitative estimate of drug-likeness (QED) is 0.722. The van der Waals surface area contributed by atoms with Crippen LogP contribution in [0.4, 0.5) is 0 Å². The van der Waals surface area contributed by atoms with Crippen LogP contribution in [0.1, 0.15) is 32.6 Å². The van der Waals surface area contributed by atoms with E-state index in [2.05, 4.69) is 0 Å². The molecule has 2 unspecified atom stereocenters. The van der Waals surface area contributed by atoms with Crippen molar-refractivity contribution in [1.29, 1.82) is 0 Å². The van der Waals surface area contributed by atoms with Crippen LogP contribution >= 0.6 is 0 Å². The zero-order chi connectivity index (χ0) is 9.31. The minimum absolute atomic E-state index is 0.107. The Balaban J connectivity index is 1.87. The second-order valence-electron chi connectivity index (χ2n) is 4.21. The summed E-state index contributed by atoms with van der Waals surface area (Å²) in [5.41, 5.74) is 0. The highest BCUT2D eigenvalue weighted by Crippen LogP contribution is 2.42. The van der Waals surface area contributed by atoms with E-state index < -0.39 is 0 Å². The Kier molecular flexibility index (Phi) is 2.58. The molecule has 1 saturated heterocycles. The summed E-state index contributed by atoms with van der Waals surface area (Å²) < 4.78 is 11.5. The predicted molar refractivity (Wildman–Crippen MR) is 48.3 cm³/mol. The summed E-state index contributed by atoms with van der Waals surface area (Å²) in [5, 5.41) is 8.77. The molecule has 76 valence electrons. The molecule has 3 heteroatoms. The van der Waals surface area contributed by atoms with Crippen LogP contribution in [0.25, 0.3) is 0 Å². The van der Waals surface area contributed by atoms with E-state index >= 15 is 0 Å². The standard InChI is InChI=1S/C10H18O3/c1-10(8-3-2-4-8)12-7-9(13-10)5-6-11/h8-9,11H,2-7H2,1H3. The van der Waals surface area contributed by atoms with Crippen molar-refractivity contribution in [3.05, 3.63) is 0 Å². The molecule has 0 bridgehead atoms. The van der Waals surface area contributed by atoms with Crippen LogP contribution in [0.15, 0.2) is 0 Å². The van der Waals surface area contributed by atoms with Crippen LogP contribution in [-0.4, -0.2) is 30.2 Å².